The number of nitrogens with one attached hydrogen (secondary N) is 3. The first-order valence-corrected chi connectivity index (χ1v) is 13.7. The lowest BCUT2D eigenvalue weighted by Gasteiger charge is -2.24. The van der Waals surface area contributed by atoms with Crippen molar-refractivity contribution in [3.8, 4) is 0 Å². The lowest BCUT2D eigenvalue weighted by Crippen LogP contribution is -2.54. The number of unbranched alkanes of at least 4 members (excludes halogenated alkanes) is 1. The Bertz CT molecular complexity index is 950. The van der Waals surface area contributed by atoms with Crippen molar-refractivity contribution in [2.45, 2.75) is 77.1 Å². The molecule has 1 heterocycles. The zero-order valence-electron chi connectivity index (χ0n) is 21.8. The molecule has 36 heavy (non-hydrogen) atoms. The molecule has 0 aliphatic carbocycles. The van der Waals surface area contributed by atoms with Gasteiger partial charge in [-0.15, -0.1) is 0 Å². The summed E-state index contributed by atoms with van der Waals surface area (Å²) in [7, 11) is 0. The number of carbonyl (C=O) groups excluding carboxylic acids is 5. The minimum absolute atomic E-state index is 0.0248. The van der Waals surface area contributed by atoms with Crippen LogP contribution in [0.25, 0.3) is 0 Å². The van der Waals surface area contributed by atoms with Crippen molar-refractivity contribution >= 4 is 47.0 Å². The number of amides is 5. The second kappa shape index (κ2) is 14.0. The number of hydrogen-bond acceptors (Lipinski definition) is 6. The molecule has 1 aliphatic rings. The molecule has 10 heteroatoms. The first-order valence-electron chi connectivity index (χ1n) is 12.4. The molecule has 9 nitrogen and oxygen atoms in total. The molecule has 1 fully saturated rings. The minimum Gasteiger partial charge on any atom is -0.344 e. The zero-order valence-corrected chi connectivity index (χ0v) is 22.6. The molecular formula is C26H38N4O5S. The van der Waals surface area contributed by atoms with Gasteiger partial charge in [0.15, 0.2) is 0 Å². The van der Waals surface area contributed by atoms with Crippen LogP contribution < -0.4 is 16.0 Å². The van der Waals surface area contributed by atoms with Gasteiger partial charge < -0.3 is 16.0 Å². The number of aryl methyl sites for hydroxylation is 1. The fourth-order valence-electron chi connectivity index (χ4n) is 3.82. The Labute approximate surface area is 217 Å². The van der Waals surface area contributed by atoms with Gasteiger partial charge in [0.05, 0.1) is 5.25 Å². The van der Waals surface area contributed by atoms with Crippen molar-refractivity contribution < 1.29 is 24.0 Å². The fraction of sp³-hybridized carbons (Fsp3) is 0.577. The van der Waals surface area contributed by atoms with Crippen molar-refractivity contribution in [1.82, 2.24) is 15.5 Å². The summed E-state index contributed by atoms with van der Waals surface area (Å²) in [6.45, 7) is 7.26. The molecule has 2 unspecified atom stereocenters. The summed E-state index contributed by atoms with van der Waals surface area (Å²) in [4.78, 5) is 63.3. The number of rotatable bonds is 13. The van der Waals surface area contributed by atoms with Crippen molar-refractivity contribution in [2.75, 3.05) is 18.1 Å². The van der Waals surface area contributed by atoms with Crippen LogP contribution >= 0.6 is 11.8 Å². The van der Waals surface area contributed by atoms with Crippen LogP contribution in [0.15, 0.2) is 24.3 Å². The van der Waals surface area contributed by atoms with E-state index in [9.17, 15) is 24.0 Å². The first kappa shape index (κ1) is 29.4. The largest absolute Gasteiger partial charge is 0.344 e. The summed E-state index contributed by atoms with van der Waals surface area (Å²) in [5.74, 6) is -2.11. The molecule has 3 N–H and O–H groups in total. The second-order valence-electron chi connectivity index (χ2n) is 9.37. The maximum absolute atomic E-state index is 12.9. The van der Waals surface area contributed by atoms with Gasteiger partial charge in [0.1, 0.15) is 12.1 Å². The van der Waals surface area contributed by atoms with Gasteiger partial charge in [0.25, 0.3) is 0 Å². The van der Waals surface area contributed by atoms with Crippen LogP contribution in [-0.4, -0.2) is 64.6 Å². The number of imide groups is 1. The number of likely N-dealkylation sites (tertiary alicyclic amines) is 1. The van der Waals surface area contributed by atoms with Gasteiger partial charge in [-0.25, -0.2) is 0 Å². The van der Waals surface area contributed by atoms with Crippen molar-refractivity contribution in [2.24, 2.45) is 5.92 Å². The Morgan fingerprint density at radius 1 is 1.06 bits per heavy atom. The van der Waals surface area contributed by atoms with E-state index in [0.29, 0.717) is 5.69 Å². The number of anilines is 1. The fourth-order valence-corrected chi connectivity index (χ4v) is 4.46. The lowest BCUT2D eigenvalue weighted by atomic mass is 10.0. The SMILES string of the molecule is CCCCc1ccc(NC(=O)[C@H](C)NC(=O)C(NC(=O)CCN2C(=O)CC(SC)C2=O)C(C)C)cc1. The van der Waals surface area contributed by atoms with E-state index in [2.05, 4.69) is 22.9 Å². The molecule has 5 amide bonds. The average molecular weight is 519 g/mol. The molecule has 2 rings (SSSR count). The van der Waals surface area contributed by atoms with Gasteiger partial charge in [0.2, 0.25) is 29.5 Å². The molecule has 1 saturated heterocycles. The predicted molar refractivity (Wildman–Crippen MR) is 141 cm³/mol. The maximum atomic E-state index is 12.9. The van der Waals surface area contributed by atoms with Gasteiger partial charge in [-0.1, -0.05) is 39.3 Å². The highest BCUT2D eigenvalue weighted by atomic mass is 32.2. The maximum Gasteiger partial charge on any atom is 0.246 e. The van der Waals surface area contributed by atoms with E-state index in [-0.39, 0.29) is 43.0 Å². The van der Waals surface area contributed by atoms with E-state index in [1.165, 1.54) is 17.3 Å². The van der Waals surface area contributed by atoms with E-state index in [1.807, 2.05) is 24.3 Å². The lowest BCUT2D eigenvalue weighted by molar-refractivity contribution is -0.139. The highest BCUT2D eigenvalue weighted by Gasteiger charge is 2.38. The van der Waals surface area contributed by atoms with Crippen LogP contribution in [0.4, 0.5) is 5.69 Å². The second-order valence-corrected chi connectivity index (χ2v) is 10.4. The van der Waals surface area contributed by atoms with Gasteiger partial charge in [-0.2, -0.15) is 11.8 Å². The Morgan fingerprint density at radius 3 is 2.28 bits per heavy atom. The normalized spacial score (nSPS) is 17.2. The summed E-state index contributed by atoms with van der Waals surface area (Å²) < 4.78 is 0. The van der Waals surface area contributed by atoms with Crippen LogP contribution in [0.1, 0.15) is 58.9 Å². The quantitative estimate of drug-likeness (QED) is 0.345. The molecule has 0 saturated carbocycles. The Kier molecular flexibility index (Phi) is 11.4. The van der Waals surface area contributed by atoms with Crippen molar-refractivity contribution in [3.63, 3.8) is 0 Å². The van der Waals surface area contributed by atoms with Crippen molar-refractivity contribution in [1.29, 1.82) is 0 Å². The summed E-state index contributed by atoms with van der Waals surface area (Å²) in [6, 6.07) is 5.94. The molecule has 0 bridgehead atoms. The van der Waals surface area contributed by atoms with E-state index in [0.717, 1.165) is 24.2 Å². The van der Waals surface area contributed by atoms with Gasteiger partial charge in [-0.3, -0.25) is 28.9 Å². The van der Waals surface area contributed by atoms with E-state index < -0.39 is 29.1 Å². The van der Waals surface area contributed by atoms with Crippen molar-refractivity contribution in [3.05, 3.63) is 29.8 Å². The van der Waals surface area contributed by atoms with Gasteiger partial charge in [-0.05, 0) is 49.6 Å². The van der Waals surface area contributed by atoms with Crippen LogP contribution in [0.2, 0.25) is 0 Å². The van der Waals surface area contributed by atoms with Gasteiger partial charge >= 0.3 is 0 Å². The molecule has 0 aromatic heterocycles. The zero-order chi connectivity index (χ0) is 26.8. The van der Waals surface area contributed by atoms with E-state index >= 15 is 0 Å². The molecule has 1 aromatic carbocycles. The first-order chi connectivity index (χ1) is 17.1. The van der Waals surface area contributed by atoms with Crippen LogP contribution in [0, 0.1) is 5.92 Å². The monoisotopic (exact) mass is 518 g/mol. The van der Waals surface area contributed by atoms with Crippen LogP contribution in [0.5, 0.6) is 0 Å². The molecule has 0 spiro atoms. The Morgan fingerprint density at radius 2 is 1.72 bits per heavy atom. The third kappa shape index (κ3) is 8.36. The third-order valence-corrected chi connectivity index (χ3v) is 7.05. The topological polar surface area (TPSA) is 125 Å². The van der Waals surface area contributed by atoms with Crippen LogP contribution in [-0.2, 0) is 30.4 Å². The number of nitrogens with zero attached hydrogens (tertiary/aromatic N) is 1. The highest BCUT2D eigenvalue weighted by molar-refractivity contribution is 8.00. The third-order valence-electron chi connectivity index (χ3n) is 6.11. The molecule has 0 radical (unpaired) electrons. The molecule has 1 aliphatic heterocycles. The Balaban J connectivity index is 1.87. The number of benzene rings is 1. The highest BCUT2D eigenvalue weighted by Crippen LogP contribution is 2.23. The number of thioether (sulfide) groups is 1. The van der Waals surface area contributed by atoms with E-state index in [4.69, 9.17) is 0 Å². The Hall–Kier alpha value is -2.88. The molecular weight excluding hydrogens is 480 g/mol. The predicted octanol–water partition coefficient (Wildman–Crippen LogP) is 2.49. The summed E-state index contributed by atoms with van der Waals surface area (Å²) >= 11 is 1.31. The minimum atomic E-state index is -0.866. The summed E-state index contributed by atoms with van der Waals surface area (Å²) in [5.41, 5.74) is 1.85. The summed E-state index contributed by atoms with van der Waals surface area (Å²) in [5, 5.41) is 7.73. The average Bonchev–Trinajstić information content (AvgIpc) is 3.12. The van der Waals surface area contributed by atoms with E-state index in [1.54, 1.807) is 27.0 Å². The number of hydrogen-bond donors (Lipinski definition) is 3. The molecule has 198 valence electrons. The molecule has 1 aromatic rings. The smallest absolute Gasteiger partial charge is 0.246 e. The number of carbonyl (C=O) groups is 5. The van der Waals surface area contributed by atoms with Crippen LogP contribution in [0.3, 0.4) is 0 Å². The summed E-state index contributed by atoms with van der Waals surface area (Å²) in [6.07, 6.45) is 5.02. The van der Waals surface area contributed by atoms with Gasteiger partial charge in [0, 0.05) is 25.1 Å². The standard InChI is InChI=1S/C26H38N4O5S/c1-6-7-8-18-9-11-19(12-10-18)28-24(33)17(4)27-25(34)23(16(2)3)29-21(31)13-14-30-22(32)15-20(36-5)26(30)35/h9-12,16-17,20,23H,6-8,13-15H2,1-5H3,(H,27,34)(H,28,33)(H,29,31)/t17-,20?,23?/m0/s1. The molecule has 3 atom stereocenters.